The normalized spacial score (nSPS) is 22.1. The average molecular weight is 266 g/mol. The fourth-order valence-corrected chi connectivity index (χ4v) is 2.92. The van der Waals surface area contributed by atoms with Crippen LogP contribution in [-0.4, -0.2) is 29.7 Å². The van der Waals surface area contributed by atoms with Gasteiger partial charge in [-0.15, -0.1) is 0 Å². The Balaban J connectivity index is 1.81. The summed E-state index contributed by atoms with van der Waals surface area (Å²) >= 11 is 0. The Bertz CT molecular complexity index is 365. The molecule has 0 aliphatic heterocycles. The van der Waals surface area contributed by atoms with E-state index in [1.54, 1.807) is 0 Å². The average Bonchev–Trinajstić information content (AvgIpc) is 2.90. The Morgan fingerprint density at radius 1 is 1.16 bits per heavy atom. The van der Waals surface area contributed by atoms with Crippen molar-refractivity contribution in [3.63, 3.8) is 0 Å². The molecule has 1 fully saturated rings. The number of nitrogens with one attached hydrogen (secondary N) is 2. The highest BCUT2D eigenvalue weighted by atomic mass is 16.4. The molecule has 0 radical (unpaired) electrons. The standard InChI is InChI=1S/C14H22N2O3/c17-12(18)14(8-4-1-5-9-14)10-15-13(19)16-11-6-2-3-7-11/h2-3,11H,1,4-10H2,(H,17,18)(H2,15,16,19). The van der Waals surface area contributed by atoms with E-state index in [1.165, 1.54) is 0 Å². The Morgan fingerprint density at radius 2 is 1.79 bits per heavy atom. The summed E-state index contributed by atoms with van der Waals surface area (Å²) in [6.07, 6.45) is 10.1. The Hall–Kier alpha value is -1.52. The summed E-state index contributed by atoms with van der Waals surface area (Å²) in [6, 6.07) is -0.0907. The predicted octanol–water partition coefficient (Wildman–Crippen LogP) is 2.04. The molecule has 0 spiro atoms. The summed E-state index contributed by atoms with van der Waals surface area (Å²) in [5.41, 5.74) is -0.760. The van der Waals surface area contributed by atoms with Gasteiger partial charge in [0, 0.05) is 12.6 Å². The van der Waals surface area contributed by atoms with E-state index >= 15 is 0 Å². The van der Waals surface area contributed by atoms with Crippen molar-refractivity contribution in [2.45, 2.75) is 51.0 Å². The zero-order valence-corrected chi connectivity index (χ0v) is 11.2. The second kappa shape index (κ2) is 6.08. The molecule has 0 atom stereocenters. The monoisotopic (exact) mass is 266 g/mol. The van der Waals surface area contributed by atoms with Crippen molar-refractivity contribution in [3.8, 4) is 0 Å². The molecule has 0 aromatic rings. The van der Waals surface area contributed by atoms with E-state index in [0.717, 1.165) is 32.1 Å². The fourth-order valence-electron chi connectivity index (χ4n) is 2.92. The molecule has 106 valence electrons. The largest absolute Gasteiger partial charge is 0.481 e. The molecule has 0 bridgehead atoms. The van der Waals surface area contributed by atoms with Gasteiger partial charge in [0.25, 0.3) is 0 Å². The molecule has 2 aliphatic rings. The molecule has 2 amide bonds. The molecule has 0 saturated heterocycles. The van der Waals surface area contributed by atoms with E-state index in [0.29, 0.717) is 12.8 Å². The highest BCUT2D eigenvalue weighted by Crippen LogP contribution is 2.35. The van der Waals surface area contributed by atoms with Gasteiger partial charge in [-0.25, -0.2) is 4.79 Å². The van der Waals surface area contributed by atoms with E-state index in [4.69, 9.17) is 0 Å². The topological polar surface area (TPSA) is 78.4 Å². The van der Waals surface area contributed by atoms with Gasteiger partial charge in [-0.1, -0.05) is 31.4 Å². The maximum atomic E-state index is 11.8. The highest BCUT2D eigenvalue weighted by molar-refractivity contribution is 5.78. The van der Waals surface area contributed by atoms with Crippen LogP contribution in [0.1, 0.15) is 44.9 Å². The number of hydrogen-bond donors (Lipinski definition) is 3. The molecule has 2 aliphatic carbocycles. The van der Waals surface area contributed by atoms with Crippen molar-refractivity contribution in [3.05, 3.63) is 12.2 Å². The van der Waals surface area contributed by atoms with Crippen LogP contribution in [0.5, 0.6) is 0 Å². The quantitative estimate of drug-likeness (QED) is 0.681. The first-order chi connectivity index (χ1) is 9.12. The lowest BCUT2D eigenvalue weighted by Crippen LogP contribution is -2.48. The predicted molar refractivity (Wildman–Crippen MR) is 71.9 cm³/mol. The van der Waals surface area contributed by atoms with E-state index in [2.05, 4.69) is 10.6 Å². The minimum atomic E-state index is -0.782. The van der Waals surface area contributed by atoms with Crippen LogP contribution in [-0.2, 0) is 4.79 Å². The number of carboxylic acids is 1. The van der Waals surface area contributed by atoms with Crippen molar-refractivity contribution in [1.29, 1.82) is 0 Å². The second-order valence-corrected chi connectivity index (χ2v) is 5.61. The van der Waals surface area contributed by atoms with Gasteiger partial charge in [-0.05, 0) is 25.7 Å². The lowest BCUT2D eigenvalue weighted by atomic mass is 9.74. The number of hydrogen-bond acceptors (Lipinski definition) is 2. The fraction of sp³-hybridized carbons (Fsp3) is 0.714. The summed E-state index contributed by atoms with van der Waals surface area (Å²) in [5.74, 6) is -0.782. The van der Waals surface area contributed by atoms with E-state index in [-0.39, 0.29) is 18.6 Å². The molecule has 2 rings (SSSR count). The van der Waals surface area contributed by atoms with Gasteiger partial charge >= 0.3 is 12.0 Å². The number of amides is 2. The minimum absolute atomic E-state index is 0.159. The smallest absolute Gasteiger partial charge is 0.315 e. The van der Waals surface area contributed by atoms with Crippen LogP contribution in [0.2, 0.25) is 0 Å². The maximum Gasteiger partial charge on any atom is 0.315 e. The highest BCUT2D eigenvalue weighted by Gasteiger charge is 2.39. The van der Waals surface area contributed by atoms with E-state index in [9.17, 15) is 14.7 Å². The first-order valence-electron chi connectivity index (χ1n) is 7.05. The van der Waals surface area contributed by atoms with Crippen LogP contribution in [0.25, 0.3) is 0 Å². The van der Waals surface area contributed by atoms with E-state index in [1.807, 2.05) is 12.2 Å². The molecular formula is C14H22N2O3. The van der Waals surface area contributed by atoms with Crippen LogP contribution < -0.4 is 10.6 Å². The van der Waals surface area contributed by atoms with Crippen LogP contribution in [0.15, 0.2) is 12.2 Å². The Labute approximate surface area is 113 Å². The number of carbonyl (C=O) groups is 2. The van der Waals surface area contributed by atoms with Crippen LogP contribution >= 0.6 is 0 Å². The number of carbonyl (C=O) groups excluding carboxylic acids is 1. The van der Waals surface area contributed by atoms with Crippen LogP contribution in [0.3, 0.4) is 0 Å². The van der Waals surface area contributed by atoms with Gasteiger partial charge < -0.3 is 15.7 Å². The molecule has 0 unspecified atom stereocenters. The molecule has 0 aromatic heterocycles. The van der Waals surface area contributed by atoms with Crippen molar-refractivity contribution in [1.82, 2.24) is 10.6 Å². The number of carboxylic acid groups (broad SMARTS) is 1. The zero-order chi connectivity index (χ0) is 13.7. The van der Waals surface area contributed by atoms with Crippen molar-refractivity contribution in [2.24, 2.45) is 5.41 Å². The lowest BCUT2D eigenvalue weighted by molar-refractivity contribution is -0.150. The third-order valence-electron chi connectivity index (χ3n) is 4.19. The SMILES string of the molecule is O=C(NCC1(C(=O)O)CCCCC1)NC1CC=CC1. The summed E-state index contributed by atoms with van der Waals surface area (Å²) in [6.45, 7) is 0.230. The molecule has 1 saturated carbocycles. The Morgan fingerprint density at radius 3 is 2.37 bits per heavy atom. The van der Waals surface area contributed by atoms with Gasteiger partial charge in [0.1, 0.15) is 0 Å². The van der Waals surface area contributed by atoms with Crippen molar-refractivity contribution >= 4 is 12.0 Å². The van der Waals surface area contributed by atoms with Gasteiger partial charge in [0.15, 0.2) is 0 Å². The molecule has 0 aromatic carbocycles. The summed E-state index contributed by atoms with van der Waals surface area (Å²) in [5, 5.41) is 15.0. The van der Waals surface area contributed by atoms with Crippen molar-refractivity contribution in [2.75, 3.05) is 6.54 Å². The first kappa shape index (κ1) is 13.9. The molecule has 5 nitrogen and oxygen atoms in total. The van der Waals surface area contributed by atoms with Gasteiger partial charge in [0.05, 0.1) is 5.41 Å². The van der Waals surface area contributed by atoms with Gasteiger partial charge in [0.2, 0.25) is 0 Å². The van der Waals surface area contributed by atoms with Crippen molar-refractivity contribution < 1.29 is 14.7 Å². The summed E-state index contributed by atoms with van der Waals surface area (Å²) in [4.78, 5) is 23.2. The second-order valence-electron chi connectivity index (χ2n) is 5.61. The first-order valence-corrected chi connectivity index (χ1v) is 7.05. The lowest BCUT2D eigenvalue weighted by Gasteiger charge is -2.33. The van der Waals surface area contributed by atoms with E-state index < -0.39 is 11.4 Å². The maximum absolute atomic E-state index is 11.8. The van der Waals surface area contributed by atoms with Gasteiger partial charge in [-0.3, -0.25) is 4.79 Å². The number of urea groups is 1. The molecule has 19 heavy (non-hydrogen) atoms. The number of rotatable bonds is 4. The van der Waals surface area contributed by atoms with Crippen LogP contribution in [0.4, 0.5) is 4.79 Å². The van der Waals surface area contributed by atoms with Crippen LogP contribution in [0, 0.1) is 5.41 Å². The number of aliphatic carboxylic acids is 1. The minimum Gasteiger partial charge on any atom is -0.481 e. The molecule has 0 heterocycles. The third-order valence-corrected chi connectivity index (χ3v) is 4.19. The van der Waals surface area contributed by atoms with Gasteiger partial charge in [-0.2, -0.15) is 0 Å². The molecule has 5 heteroatoms. The zero-order valence-electron chi connectivity index (χ0n) is 11.2. The molecule has 3 N–H and O–H groups in total. The Kier molecular flexibility index (Phi) is 4.45. The molecular weight excluding hydrogens is 244 g/mol. The summed E-state index contributed by atoms with van der Waals surface area (Å²) in [7, 11) is 0. The third kappa shape index (κ3) is 3.49. The summed E-state index contributed by atoms with van der Waals surface area (Å²) < 4.78 is 0.